The lowest BCUT2D eigenvalue weighted by atomic mass is 9.95. The van der Waals surface area contributed by atoms with E-state index in [9.17, 15) is 38.0 Å². The number of pyridine rings is 4. The Morgan fingerprint density at radius 3 is 1.00 bits per heavy atom. The summed E-state index contributed by atoms with van der Waals surface area (Å²) in [5.41, 5.74) is 22.6. The number of nitrogens with one attached hydrogen (secondary N) is 4. The van der Waals surface area contributed by atoms with Crippen molar-refractivity contribution in [3.63, 3.8) is 0 Å². The molecule has 16 rings (SSSR count). The van der Waals surface area contributed by atoms with Gasteiger partial charge in [0.1, 0.15) is 28.6 Å². The van der Waals surface area contributed by atoms with Crippen LogP contribution in [0.5, 0.6) is 0 Å². The van der Waals surface area contributed by atoms with Crippen LogP contribution in [0.4, 0.5) is 40.8 Å². The smallest absolute Gasteiger partial charge is 0.390 e. The van der Waals surface area contributed by atoms with Crippen molar-refractivity contribution in [2.24, 2.45) is 5.92 Å². The van der Waals surface area contributed by atoms with Crippen molar-refractivity contribution in [2.45, 2.75) is 167 Å². The van der Waals surface area contributed by atoms with Crippen LogP contribution in [0.15, 0.2) is 220 Å². The number of aliphatic hydroxyl groups excluding tert-OH is 4. The second kappa shape index (κ2) is 41.9. The second-order valence-electron chi connectivity index (χ2n) is 32.3. The largest absolute Gasteiger partial charge is 0.416 e. The van der Waals surface area contributed by atoms with Crippen LogP contribution >= 0.6 is 0 Å². The van der Waals surface area contributed by atoms with Crippen LogP contribution in [0.25, 0.3) is 68.3 Å². The van der Waals surface area contributed by atoms with Crippen molar-refractivity contribution in [1.82, 2.24) is 98.9 Å². The van der Waals surface area contributed by atoms with E-state index in [1.165, 1.54) is 46.5 Å². The molecule has 4 aromatic carbocycles. The number of halogens is 4. The van der Waals surface area contributed by atoms with E-state index in [0.717, 1.165) is 86.2 Å². The number of imidazole rings is 4. The minimum atomic E-state index is -4.45. The maximum Gasteiger partial charge on any atom is 0.416 e. The number of anilines is 4. The minimum absolute atomic E-state index is 0.0938. The van der Waals surface area contributed by atoms with Crippen LogP contribution in [0.3, 0.4) is 0 Å². The third-order valence-corrected chi connectivity index (χ3v) is 21.7. The zero-order chi connectivity index (χ0) is 92.6. The van der Waals surface area contributed by atoms with Gasteiger partial charge in [0.2, 0.25) is 0 Å². The van der Waals surface area contributed by atoms with E-state index in [2.05, 4.69) is 173 Å². The van der Waals surface area contributed by atoms with E-state index in [-0.39, 0.29) is 55.9 Å². The first-order chi connectivity index (χ1) is 62.4. The first-order valence-corrected chi connectivity index (χ1v) is 42.4. The van der Waals surface area contributed by atoms with Gasteiger partial charge in [0, 0.05) is 30.8 Å². The van der Waals surface area contributed by atoms with E-state index in [4.69, 9.17) is 0 Å². The molecule has 0 fully saturated rings. The van der Waals surface area contributed by atoms with Gasteiger partial charge < -0.3 is 60.0 Å². The van der Waals surface area contributed by atoms with Gasteiger partial charge in [-0.1, -0.05) is 98.3 Å². The Morgan fingerprint density at radius 1 is 0.346 bits per heavy atom. The predicted molar refractivity (Wildman–Crippen MR) is 493 cm³/mol. The Hall–Kier alpha value is -14.6. The highest BCUT2D eigenvalue weighted by Gasteiger charge is 2.35. The summed E-state index contributed by atoms with van der Waals surface area (Å²) in [5.74, 6) is 2.70. The van der Waals surface area contributed by atoms with Gasteiger partial charge in [-0.25, -0.2) is 44.3 Å². The summed E-state index contributed by atoms with van der Waals surface area (Å²) >= 11 is 0. The van der Waals surface area contributed by atoms with Crippen LogP contribution in [-0.4, -0.2) is 125 Å². The molecule has 0 bridgehead atoms. The van der Waals surface area contributed by atoms with Gasteiger partial charge in [-0.05, 0) is 243 Å². The van der Waals surface area contributed by atoms with E-state index in [1.54, 1.807) is 74.1 Å². The standard InChI is InChI=1S/C26H30N6O.C24H23F3N6O.C24H25FN6O.C24H26N6O/c1-16(2)25(20-8-6-17(3)7-9-20)29-26-18(4)12-22(30-31-26)21-10-11-24(23(14-33)28-21)32-13-19(5)27-15-32;1-14-10-20(19-8-9-22(21(12-34)30-19)33-11-15(2)28-13-33)31-32-23(14)29-16(3)17-6-4-5-7-18(17)24(25,26)27;1-15-10-21(20-8-9-23(22(13-32)28-20)31-12-17(3)26-14-31)29-30-24(15)27-16(2)11-18-4-6-19(25)7-5-18;1-15-7-5-6-8-19(15)18(4)26-24-16(2)11-21(28-29-24)20-9-10-23(22(13-31)27-20)30-12-17(3)25-14-30/h6-13,15-16,25,33H,14H2,1-5H3,(H,29,31);4-11,13,16,34H,12H2,1-3H3,(H,29,32);4-10,12,14,16,32H,11,13H2,1-3H3,(H,27,30);5-12,14,18,31H,13H2,1-4H3,(H,26,29)/t25-;16-;;18-/m00.0/s1. The van der Waals surface area contributed by atoms with Crippen LogP contribution in [0.2, 0.25) is 0 Å². The number of rotatable bonds is 26. The van der Waals surface area contributed by atoms with E-state index >= 15 is 0 Å². The lowest BCUT2D eigenvalue weighted by Crippen LogP contribution is -2.20. The number of hydrogen-bond donors (Lipinski definition) is 8. The summed E-state index contributed by atoms with van der Waals surface area (Å²) in [4.78, 5) is 35.3. The zero-order valence-corrected chi connectivity index (χ0v) is 75.0. The zero-order valence-electron chi connectivity index (χ0n) is 75.0. The van der Waals surface area contributed by atoms with Gasteiger partial charge in [-0.15, -0.1) is 40.8 Å². The maximum absolute atomic E-state index is 13.4. The quantitative estimate of drug-likeness (QED) is 0.0233. The average Bonchev–Trinajstić information content (AvgIpc) is 1.51. The van der Waals surface area contributed by atoms with Crippen LogP contribution in [-0.2, 0) is 39.0 Å². The highest BCUT2D eigenvalue weighted by Crippen LogP contribution is 2.37. The third-order valence-electron chi connectivity index (χ3n) is 21.7. The minimum Gasteiger partial charge on any atom is -0.390 e. The van der Waals surface area contributed by atoms with E-state index in [1.807, 2.05) is 167 Å². The number of nitrogens with zero attached hydrogens (tertiary/aromatic N) is 20. The Balaban J connectivity index is 0.000000148. The number of aromatic nitrogens is 20. The van der Waals surface area contributed by atoms with Gasteiger partial charge in [0.05, 0.1) is 167 Å². The van der Waals surface area contributed by atoms with Crippen molar-refractivity contribution in [1.29, 1.82) is 0 Å². The summed E-state index contributed by atoms with van der Waals surface area (Å²) in [6.45, 7) is 28.9. The Kier molecular flexibility index (Phi) is 30.0. The first kappa shape index (κ1) is 93.1. The fourth-order valence-corrected chi connectivity index (χ4v) is 14.8. The number of hydrogen-bond acceptors (Lipinski definition) is 24. The summed E-state index contributed by atoms with van der Waals surface area (Å²) < 4.78 is 60.6. The van der Waals surface area contributed by atoms with E-state index in [0.29, 0.717) is 97.1 Å². The Morgan fingerprint density at radius 2 is 0.677 bits per heavy atom. The topological polar surface area (TPSA) is 355 Å². The maximum atomic E-state index is 13.4. The van der Waals surface area contributed by atoms with Gasteiger partial charge in [-0.2, -0.15) is 13.2 Å². The van der Waals surface area contributed by atoms with Crippen LogP contribution < -0.4 is 21.3 Å². The van der Waals surface area contributed by atoms with E-state index < -0.39 is 17.8 Å². The van der Waals surface area contributed by atoms with Crippen LogP contribution in [0, 0.1) is 81.0 Å². The second-order valence-corrected chi connectivity index (χ2v) is 32.3. The number of aryl methyl sites for hydroxylation is 10. The lowest BCUT2D eigenvalue weighted by Gasteiger charge is -2.24. The molecule has 0 saturated heterocycles. The third kappa shape index (κ3) is 23.0. The van der Waals surface area contributed by atoms with Crippen molar-refractivity contribution >= 4 is 23.3 Å². The molecular formula is C98H104F4N24O4. The summed E-state index contributed by atoms with van der Waals surface area (Å²) in [6, 6.07) is 51.1. The molecule has 0 aliphatic rings. The average molecular weight is 1760 g/mol. The van der Waals surface area contributed by atoms with Crippen molar-refractivity contribution < 1.29 is 38.0 Å². The molecule has 0 aliphatic heterocycles. The van der Waals surface area contributed by atoms with Gasteiger partial charge in [0.15, 0.2) is 23.3 Å². The highest BCUT2D eigenvalue weighted by molar-refractivity contribution is 5.65. The summed E-state index contributed by atoms with van der Waals surface area (Å²) in [5, 5.41) is 87.6. The molecule has 32 heteroatoms. The number of alkyl halides is 3. The Bertz CT molecular complexity index is 6570. The number of benzene rings is 4. The van der Waals surface area contributed by atoms with Gasteiger partial charge >= 0.3 is 6.18 Å². The predicted octanol–water partition coefficient (Wildman–Crippen LogP) is 18.3. The van der Waals surface area contributed by atoms with Crippen molar-refractivity contribution in [3.8, 4) is 68.3 Å². The molecule has 0 saturated carbocycles. The molecule has 28 nitrogen and oxygen atoms in total. The molecule has 12 aromatic heterocycles. The normalized spacial score (nSPS) is 12.2. The fourth-order valence-electron chi connectivity index (χ4n) is 14.8. The molecule has 4 atom stereocenters. The highest BCUT2D eigenvalue weighted by atomic mass is 19.4. The SMILES string of the molecule is Cc1ccc([C@@H](Nc2nnc(-c3ccc(-n4cnc(C)c4)c(CO)n3)cc2C)C(C)C)cc1.Cc1cn(-c2ccc(-c3cc(C)c(NC(C)Cc4ccc(F)cc4)nn3)nc2CO)cn1.Cc1cn(-c2ccc(-c3cc(C)c(N[C@@H](C)c4ccccc4C(F)(F)F)nn3)nc2CO)cn1.Cc1cn(-c2ccc(-c3cc(C)c(N[C@@H](C)c4ccccc4C)nn3)nc2CO)cn1. The van der Waals surface area contributed by atoms with Crippen molar-refractivity contribution in [2.75, 3.05) is 21.3 Å². The molecule has 0 aliphatic carbocycles. The molecule has 0 amide bonds. The molecular weight excluding hydrogens is 1650 g/mol. The molecule has 12 heterocycles. The molecule has 16 aromatic rings. The lowest BCUT2D eigenvalue weighted by molar-refractivity contribution is -0.138. The molecule has 8 N–H and O–H groups in total. The molecule has 0 spiro atoms. The Labute approximate surface area is 751 Å². The number of aliphatic hydroxyl groups is 4. The van der Waals surface area contributed by atoms with Crippen LogP contribution in [0.1, 0.15) is 159 Å². The van der Waals surface area contributed by atoms with Gasteiger partial charge in [-0.3, -0.25) is 0 Å². The molecule has 1 unspecified atom stereocenters. The molecule has 130 heavy (non-hydrogen) atoms. The summed E-state index contributed by atoms with van der Waals surface area (Å²) in [6.07, 6.45) is 10.6. The van der Waals surface area contributed by atoms with Crippen molar-refractivity contribution in [3.05, 3.63) is 333 Å². The molecule has 668 valence electrons. The molecule has 0 radical (unpaired) electrons. The van der Waals surface area contributed by atoms with Gasteiger partial charge in [0.25, 0.3) is 0 Å². The first-order valence-electron chi connectivity index (χ1n) is 42.4. The monoisotopic (exact) mass is 1760 g/mol. The fraction of sp³-hybridized carbons (Fsp3) is 0.265. The summed E-state index contributed by atoms with van der Waals surface area (Å²) in [7, 11) is 0.